The van der Waals surface area contributed by atoms with Crippen molar-refractivity contribution in [2.45, 2.75) is 58.6 Å². The predicted molar refractivity (Wildman–Crippen MR) is 112 cm³/mol. The highest BCUT2D eigenvalue weighted by molar-refractivity contribution is 6.12. The summed E-state index contributed by atoms with van der Waals surface area (Å²) in [5.74, 6) is 0.780. The number of carbonyl (C=O) groups excluding carboxylic acids is 1. The predicted octanol–water partition coefficient (Wildman–Crippen LogP) is 5.28. The molecule has 2 aromatic rings. The molecule has 0 saturated carbocycles. The van der Waals surface area contributed by atoms with E-state index in [9.17, 15) is 9.90 Å². The molecule has 0 spiro atoms. The molecule has 1 aliphatic rings. The number of benzene rings is 2. The monoisotopic (exact) mass is 379 g/mol. The lowest BCUT2D eigenvalue weighted by atomic mass is 9.83. The van der Waals surface area contributed by atoms with Crippen molar-refractivity contribution in [3.63, 3.8) is 0 Å². The maximum atomic E-state index is 13.2. The number of hydrogen-bond donors (Lipinski definition) is 2. The summed E-state index contributed by atoms with van der Waals surface area (Å²) in [6.07, 6.45) is 1.23. The van der Waals surface area contributed by atoms with Crippen LogP contribution < -0.4 is 10.1 Å². The Morgan fingerprint density at radius 1 is 1.04 bits per heavy atom. The van der Waals surface area contributed by atoms with E-state index >= 15 is 0 Å². The molecule has 2 aromatic carbocycles. The van der Waals surface area contributed by atoms with Crippen LogP contribution in [0.4, 0.5) is 0 Å². The molecule has 1 aliphatic heterocycles. The summed E-state index contributed by atoms with van der Waals surface area (Å²) in [6.45, 7) is 12.3. The van der Waals surface area contributed by atoms with Gasteiger partial charge in [0.2, 0.25) is 0 Å². The molecule has 0 fully saturated rings. The van der Waals surface area contributed by atoms with Crippen LogP contribution in [0.3, 0.4) is 0 Å². The lowest BCUT2D eigenvalue weighted by molar-refractivity contribution is 0.0959. The van der Waals surface area contributed by atoms with E-state index in [0.717, 1.165) is 11.1 Å². The summed E-state index contributed by atoms with van der Waals surface area (Å²) in [5.41, 5.74) is 2.37. The average molecular weight is 380 g/mol. The summed E-state index contributed by atoms with van der Waals surface area (Å²) >= 11 is 0. The number of nitrogens with one attached hydrogen (secondary N) is 1. The minimum absolute atomic E-state index is 0.0472. The SMILES string of the molecule is CC(C)(C)N/C=C1\C(=O)c2ccccc2OC1c1ccc(O)c(C(C)(C)C)c1. The van der Waals surface area contributed by atoms with Crippen LogP contribution in [0.25, 0.3) is 0 Å². The van der Waals surface area contributed by atoms with Gasteiger partial charge in [-0.1, -0.05) is 39.0 Å². The van der Waals surface area contributed by atoms with Gasteiger partial charge in [0, 0.05) is 11.7 Å². The number of aromatic hydroxyl groups is 1. The number of hydrogen-bond acceptors (Lipinski definition) is 4. The van der Waals surface area contributed by atoms with Gasteiger partial charge in [-0.3, -0.25) is 4.79 Å². The Morgan fingerprint density at radius 2 is 1.71 bits per heavy atom. The van der Waals surface area contributed by atoms with E-state index in [-0.39, 0.29) is 22.5 Å². The molecule has 0 aromatic heterocycles. The van der Waals surface area contributed by atoms with E-state index in [1.807, 2.05) is 71.9 Å². The summed E-state index contributed by atoms with van der Waals surface area (Å²) in [6, 6.07) is 12.7. The van der Waals surface area contributed by atoms with Crippen LogP contribution in [0.5, 0.6) is 11.5 Å². The quantitative estimate of drug-likeness (QED) is 0.697. The first-order chi connectivity index (χ1) is 13.0. The third-order valence-corrected chi connectivity index (χ3v) is 4.71. The number of phenols is 1. The van der Waals surface area contributed by atoms with Crippen LogP contribution in [0, 0.1) is 0 Å². The van der Waals surface area contributed by atoms with Gasteiger partial charge in [-0.25, -0.2) is 0 Å². The molecule has 1 unspecified atom stereocenters. The van der Waals surface area contributed by atoms with Crippen LogP contribution in [0.2, 0.25) is 0 Å². The van der Waals surface area contributed by atoms with Crippen molar-refractivity contribution in [2.24, 2.45) is 0 Å². The van der Waals surface area contributed by atoms with Crippen LogP contribution in [0.15, 0.2) is 54.2 Å². The van der Waals surface area contributed by atoms with Crippen molar-refractivity contribution in [1.82, 2.24) is 5.32 Å². The molecule has 1 heterocycles. The van der Waals surface area contributed by atoms with Gasteiger partial charge < -0.3 is 15.2 Å². The van der Waals surface area contributed by atoms with Crippen molar-refractivity contribution < 1.29 is 14.6 Å². The summed E-state index contributed by atoms with van der Waals surface area (Å²) in [7, 11) is 0. The largest absolute Gasteiger partial charge is 0.508 e. The fraction of sp³-hybridized carbons (Fsp3) is 0.375. The molecule has 0 bridgehead atoms. The fourth-order valence-electron chi connectivity index (χ4n) is 3.22. The number of ether oxygens (including phenoxy) is 1. The van der Waals surface area contributed by atoms with E-state index in [1.165, 1.54) is 0 Å². The van der Waals surface area contributed by atoms with Crippen LogP contribution in [-0.2, 0) is 5.41 Å². The Bertz CT molecular complexity index is 930. The zero-order valence-electron chi connectivity index (χ0n) is 17.5. The molecule has 0 saturated heterocycles. The molecule has 148 valence electrons. The number of rotatable bonds is 2. The zero-order valence-corrected chi connectivity index (χ0v) is 17.5. The van der Waals surface area contributed by atoms with Crippen molar-refractivity contribution in [1.29, 1.82) is 0 Å². The van der Waals surface area contributed by atoms with E-state index in [4.69, 9.17) is 4.74 Å². The Labute approximate surface area is 167 Å². The molecular formula is C24H29NO3. The van der Waals surface area contributed by atoms with E-state index in [0.29, 0.717) is 16.9 Å². The van der Waals surface area contributed by atoms with Gasteiger partial charge in [-0.15, -0.1) is 0 Å². The van der Waals surface area contributed by atoms with E-state index in [1.54, 1.807) is 18.3 Å². The highest BCUT2D eigenvalue weighted by Gasteiger charge is 2.34. The first kappa shape index (κ1) is 20.0. The highest BCUT2D eigenvalue weighted by Crippen LogP contribution is 2.40. The molecule has 4 nitrogen and oxygen atoms in total. The first-order valence-corrected chi connectivity index (χ1v) is 9.59. The van der Waals surface area contributed by atoms with Crippen LogP contribution in [0.1, 0.15) is 69.1 Å². The summed E-state index contributed by atoms with van der Waals surface area (Å²) in [5, 5.41) is 13.6. The molecule has 3 rings (SSSR count). The number of fused-ring (bicyclic) bond motifs is 1. The van der Waals surface area contributed by atoms with Gasteiger partial charge in [0.05, 0.1) is 11.1 Å². The molecule has 0 radical (unpaired) electrons. The fourth-order valence-corrected chi connectivity index (χ4v) is 3.22. The van der Waals surface area contributed by atoms with Gasteiger partial charge in [0.25, 0.3) is 0 Å². The van der Waals surface area contributed by atoms with Crippen molar-refractivity contribution in [3.05, 3.63) is 70.9 Å². The summed E-state index contributed by atoms with van der Waals surface area (Å²) < 4.78 is 6.26. The maximum absolute atomic E-state index is 13.2. The van der Waals surface area contributed by atoms with E-state index in [2.05, 4.69) is 5.32 Å². The second kappa shape index (κ2) is 7.01. The van der Waals surface area contributed by atoms with Gasteiger partial charge in [-0.05, 0) is 61.6 Å². The lowest BCUT2D eigenvalue weighted by Gasteiger charge is -2.30. The Morgan fingerprint density at radius 3 is 2.36 bits per heavy atom. The first-order valence-electron chi connectivity index (χ1n) is 9.59. The average Bonchev–Trinajstić information content (AvgIpc) is 2.59. The van der Waals surface area contributed by atoms with Crippen LogP contribution >= 0.6 is 0 Å². The van der Waals surface area contributed by atoms with Crippen molar-refractivity contribution in [2.75, 3.05) is 0 Å². The second-order valence-electron chi connectivity index (χ2n) is 9.34. The van der Waals surface area contributed by atoms with Crippen LogP contribution in [-0.4, -0.2) is 16.4 Å². The third kappa shape index (κ3) is 4.06. The summed E-state index contributed by atoms with van der Waals surface area (Å²) in [4.78, 5) is 13.2. The van der Waals surface area contributed by atoms with Crippen molar-refractivity contribution in [3.8, 4) is 11.5 Å². The van der Waals surface area contributed by atoms with Gasteiger partial charge in [0.15, 0.2) is 11.9 Å². The Balaban J connectivity index is 2.13. The third-order valence-electron chi connectivity index (χ3n) is 4.71. The second-order valence-corrected chi connectivity index (χ2v) is 9.34. The molecule has 28 heavy (non-hydrogen) atoms. The Hall–Kier alpha value is -2.75. The number of phenolic OH excluding ortho intramolecular Hbond substituents is 1. The highest BCUT2D eigenvalue weighted by atomic mass is 16.5. The topological polar surface area (TPSA) is 58.6 Å². The smallest absolute Gasteiger partial charge is 0.198 e. The standard InChI is InChI=1S/C24H29NO3/c1-23(2,3)18-13-15(11-12-19(18)26)22-17(14-25-24(4,5)6)21(27)16-9-7-8-10-20(16)28-22/h7-14,22,25-26H,1-6H3/b17-14+. The molecule has 0 aliphatic carbocycles. The Kier molecular flexibility index (Phi) is 5.00. The van der Waals surface area contributed by atoms with E-state index < -0.39 is 6.10 Å². The molecular weight excluding hydrogens is 350 g/mol. The number of ketones is 1. The minimum atomic E-state index is -0.543. The molecule has 0 amide bonds. The van der Waals surface area contributed by atoms with Gasteiger partial charge >= 0.3 is 0 Å². The van der Waals surface area contributed by atoms with Crippen molar-refractivity contribution >= 4 is 5.78 Å². The van der Waals surface area contributed by atoms with Gasteiger partial charge in [-0.2, -0.15) is 0 Å². The minimum Gasteiger partial charge on any atom is -0.508 e. The normalized spacial score (nSPS) is 18.6. The maximum Gasteiger partial charge on any atom is 0.198 e. The zero-order chi connectivity index (χ0) is 20.7. The number of Topliss-reactive ketones (excluding diaryl/α,β-unsaturated/α-hetero) is 1. The molecule has 1 atom stereocenters. The lowest BCUT2D eigenvalue weighted by Crippen LogP contribution is -2.34. The number of carbonyl (C=O) groups is 1. The van der Waals surface area contributed by atoms with Gasteiger partial charge in [0.1, 0.15) is 11.5 Å². The molecule has 2 N–H and O–H groups in total. The molecule has 4 heteroatoms. The number of para-hydroxylation sites is 1.